The van der Waals surface area contributed by atoms with Crippen molar-refractivity contribution >= 4 is 11.4 Å². The molecule has 1 heterocycles. The van der Waals surface area contributed by atoms with Gasteiger partial charge in [-0.05, 0) is 25.5 Å². The van der Waals surface area contributed by atoms with Crippen molar-refractivity contribution in [3.63, 3.8) is 0 Å². The highest BCUT2D eigenvalue weighted by Gasteiger charge is 2.12. The van der Waals surface area contributed by atoms with Gasteiger partial charge < -0.3 is 10.2 Å². The summed E-state index contributed by atoms with van der Waals surface area (Å²) in [6.45, 7) is 5.29. The molecular formula is C13H18N2. The van der Waals surface area contributed by atoms with Crippen molar-refractivity contribution in [1.29, 1.82) is 0 Å². The third-order valence-electron chi connectivity index (χ3n) is 2.73. The van der Waals surface area contributed by atoms with Crippen molar-refractivity contribution in [2.45, 2.75) is 13.3 Å². The van der Waals surface area contributed by atoms with E-state index < -0.39 is 0 Å². The lowest BCUT2D eigenvalue weighted by Crippen LogP contribution is -2.23. The zero-order chi connectivity index (χ0) is 10.5. The van der Waals surface area contributed by atoms with Gasteiger partial charge >= 0.3 is 0 Å². The van der Waals surface area contributed by atoms with Gasteiger partial charge in [0.1, 0.15) is 0 Å². The Morgan fingerprint density at radius 2 is 2.27 bits per heavy atom. The second-order valence-electron chi connectivity index (χ2n) is 3.81. The molecule has 0 saturated carbocycles. The van der Waals surface area contributed by atoms with Crippen molar-refractivity contribution < 1.29 is 0 Å². The van der Waals surface area contributed by atoms with E-state index in [4.69, 9.17) is 0 Å². The number of para-hydroxylation sites is 2. The monoisotopic (exact) mass is 202 g/mol. The molecule has 0 unspecified atom stereocenters. The summed E-state index contributed by atoms with van der Waals surface area (Å²) in [6, 6.07) is 8.54. The molecule has 15 heavy (non-hydrogen) atoms. The van der Waals surface area contributed by atoms with Gasteiger partial charge in [0.2, 0.25) is 0 Å². The van der Waals surface area contributed by atoms with E-state index in [2.05, 4.69) is 53.6 Å². The normalized spacial score (nSPS) is 15.9. The molecule has 0 atom stereocenters. The Morgan fingerprint density at radius 1 is 1.40 bits per heavy atom. The molecule has 0 spiro atoms. The number of anilines is 2. The van der Waals surface area contributed by atoms with Crippen LogP contribution in [0.25, 0.3) is 0 Å². The van der Waals surface area contributed by atoms with Gasteiger partial charge in [-0.3, -0.25) is 0 Å². The van der Waals surface area contributed by atoms with E-state index in [0.29, 0.717) is 0 Å². The fourth-order valence-corrected chi connectivity index (χ4v) is 1.93. The molecule has 2 rings (SSSR count). The summed E-state index contributed by atoms with van der Waals surface area (Å²) in [7, 11) is 0. The van der Waals surface area contributed by atoms with Gasteiger partial charge in [0.25, 0.3) is 0 Å². The second-order valence-corrected chi connectivity index (χ2v) is 3.81. The molecule has 1 aliphatic heterocycles. The Morgan fingerprint density at radius 3 is 3.13 bits per heavy atom. The molecular weight excluding hydrogens is 184 g/mol. The Kier molecular flexibility index (Phi) is 3.28. The maximum Gasteiger partial charge on any atom is 0.0604 e. The van der Waals surface area contributed by atoms with E-state index in [9.17, 15) is 0 Å². The molecule has 0 aromatic heterocycles. The summed E-state index contributed by atoms with van der Waals surface area (Å²) in [4.78, 5) is 2.43. The van der Waals surface area contributed by atoms with Crippen LogP contribution >= 0.6 is 0 Å². The molecule has 0 fully saturated rings. The fourth-order valence-electron chi connectivity index (χ4n) is 1.93. The maximum atomic E-state index is 3.47. The average Bonchev–Trinajstić information content (AvgIpc) is 2.49. The van der Waals surface area contributed by atoms with E-state index in [1.165, 1.54) is 17.8 Å². The summed E-state index contributed by atoms with van der Waals surface area (Å²) in [5.41, 5.74) is 2.59. The second kappa shape index (κ2) is 4.87. The fraction of sp³-hybridized carbons (Fsp3) is 0.385. The highest BCUT2D eigenvalue weighted by atomic mass is 15.2. The molecule has 2 heteroatoms. The van der Waals surface area contributed by atoms with Crippen molar-refractivity contribution in [1.82, 2.24) is 0 Å². The minimum atomic E-state index is 1.01. The van der Waals surface area contributed by atoms with Gasteiger partial charge in [-0.1, -0.05) is 24.3 Å². The third-order valence-corrected chi connectivity index (χ3v) is 2.73. The number of fused-ring (bicyclic) bond motifs is 1. The molecule has 0 amide bonds. The molecule has 1 aromatic carbocycles. The quantitative estimate of drug-likeness (QED) is 0.742. The van der Waals surface area contributed by atoms with Crippen molar-refractivity contribution in [2.24, 2.45) is 0 Å². The average molecular weight is 202 g/mol. The van der Waals surface area contributed by atoms with Crippen LogP contribution < -0.4 is 10.2 Å². The molecule has 0 radical (unpaired) electrons. The Hall–Kier alpha value is -1.44. The molecule has 0 saturated heterocycles. The summed E-state index contributed by atoms with van der Waals surface area (Å²) >= 11 is 0. The van der Waals surface area contributed by atoms with Crippen LogP contribution in [0.5, 0.6) is 0 Å². The summed E-state index contributed by atoms with van der Waals surface area (Å²) in [5, 5.41) is 3.47. The van der Waals surface area contributed by atoms with E-state index in [-0.39, 0.29) is 0 Å². The molecule has 2 nitrogen and oxygen atoms in total. The van der Waals surface area contributed by atoms with E-state index in [1.54, 1.807) is 0 Å². The molecule has 1 N–H and O–H groups in total. The SMILES string of the molecule is C/C=C/CN1CCCNc2ccccc21. The topological polar surface area (TPSA) is 15.3 Å². The van der Waals surface area contributed by atoms with Gasteiger partial charge in [0.15, 0.2) is 0 Å². The molecule has 1 aromatic rings. The smallest absolute Gasteiger partial charge is 0.0604 e. The van der Waals surface area contributed by atoms with E-state index in [1.807, 2.05) is 0 Å². The summed E-state index contributed by atoms with van der Waals surface area (Å²) in [6.07, 6.45) is 5.52. The highest BCUT2D eigenvalue weighted by Crippen LogP contribution is 2.27. The standard InChI is InChI=1S/C13H18N2/c1-2-3-10-15-11-6-9-14-12-7-4-5-8-13(12)15/h2-5,7-8,14H,6,9-11H2,1H3/b3-2+. The van der Waals surface area contributed by atoms with E-state index >= 15 is 0 Å². The zero-order valence-corrected chi connectivity index (χ0v) is 9.24. The Balaban J connectivity index is 2.24. The van der Waals surface area contributed by atoms with Gasteiger partial charge in [0, 0.05) is 19.6 Å². The van der Waals surface area contributed by atoms with Gasteiger partial charge in [-0.2, -0.15) is 0 Å². The van der Waals surface area contributed by atoms with Crippen LogP contribution in [0.15, 0.2) is 36.4 Å². The minimum Gasteiger partial charge on any atom is -0.383 e. The molecule has 80 valence electrons. The van der Waals surface area contributed by atoms with Crippen molar-refractivity contribution in [3.8, 4) is 0 Å². The number of rotatable bonds is 2. The van der Waals surface area contributed by atoms with Crippen LogP contribution in [0.4, 0.5) is 11.4 Å². The first-order chi connectivity index (χ1) is 7.42. The minimum absolute atomic E-state index is 1.01. The zero-order valence-electron chi connectivity index (χ0n) is 9.24. The lowest BCUT2D eigenvalue weighted by Gasteiger charge is -2.22. The number of allylic oxidation sites excluding steroid dienone is 1. The number of benzene rings is 1. The maximum absolute atomic E-state index is 3.47. The van der Waals surface area contributed by atoms with E-state index in [0.717, 1.165) is 19.6 Å². The third kappa shape index (κ3) is 2.32. The van der Waals surface area contributed by atoms with Crippen molar-refractivity contribution in [2.75, 3.05) is 29.9 Å². The number of nitrogens with zero attached hydrogens (tertiary/aromatic N) is 1. The Labute approximate surface area is 91.6 Å². The first-order valence-corrected chi connectivity index (χ1v) is 5.61. The van der Waals surface area contributed by atoms with Crippen LogP contribution in [-0.4, -0.2) is 19.6 Å². The highest BCUT2D eigenvalue weighted by molar-refractivity contribution is 5.70. The summed E-state index contributed by atoms with van der Waals surface area (Å²) < 4.78 is 0. The molecule has 0 aliphatic carbocycles. The number of hydrogen-bond donors (Lipinski definition) is 1. The first-order valence-electron chi connectivity index (χ1n) is 5.61. The predicted molar refractivity (Wildman–Crippen MR) is 66.6 cm³/mol. The van der Waals surface area contributed by atoms with Gasteiger partial charge in [0.05, 0.1) is 11.4 Å². The largest absolute Gasteiger partial charge is 0.383 e. The number of nitrogens with one attached hydrogen (secondary N) is 1. The summed E-state index contributed by atoms with van der Waals surface area (Å²) in [5.74, 6) is 0. The molecule has 1 aliphatic rings. The number of hydrogen-bond acceptors (Lipinski definition) is 2. The molecule has 0 bridgehead atoms. The Bertz CT molecular complexity index is 344. The van der Waals surface area contributed by atoms with Crippen LogP contribution in [0, 0.1) is 0 Å². The van der Waals surface area contributed by atoms with Crippen molar-refractivity contribution in [3.05, 3.63) is 36.4 Å². The van der Waals surface area contributed by atoms with Crippen LogP contribution in [0.1, 0.15) is 13.3 Å². The lowest BCUT2D eigenvalue weighted by atomic mass is 10.2. The van der Waals surface area contributed by atoms with Gasteiger partial charge in [-0.15, -0.1) is 0 Å². The van der Waals surface area contributed by atoms with Crippen LogP contribution in [-0.2, 0) is 0 Å². The van der Waals surface area contributed by atoms with Crippen LogP contribution in [0.3, 0.4) is 0 Å². The first kappa shape index (κ1) is 10.1. The van der Waals surface area contributed by atoms with Gasteiger partial charge in [-0.25, -0.2) is 0 Å². The van der Waals surface area contributed by atoms with Crippen LogP contribution in [0.2, 0.25) is 0 Å². The predicted octanol–water partition coefficient (Wildman–Crippen LogP) is 2.88. The lowest BCUT2D eigenvalue weighted by molar-refractivity contribution is 0.807.